The molecule has 0 bridgehead atoms. The number of rotatable bonds is 5. The number of hydrogen-bond acceptors (Lipinski definition) is 4. The lowest BCUT2D eigenvalue weighted by molar-refractivity contribution is 0.265. The molecule has 1 atom stereocenters. The number of sulfone groups is 1. The first-order chi connectivity index (χ1) is 7.49. The monoisotopic (exact) mass is 243 g/mol. The molecule has 0 aliphatic heterocycles. The summed E-state index contributed by atoms with van der Waals surface area (Å²) in [5, 5.41) is 8.80. The summed E-state index contributed by atoms with van der Waals surface area (Å²) in [4.78, 5) is 0.330. The van der Waals surface area contributed by atoms with Crippen LogP contribution < -0.4 is 5.73 Å². The molecule has 3 N–H and O–H groups in total. The van der Waals surface area contributed by atoms with Crippen LogP contribution in [-0.2, 0) is 16.3 Å². The van der Waals surface area contributed by atoms with Crippen LogP contribution in [-0.4, -0.2) is 31.9 Å². The molecule has 16 heavy (non-hydrogen) atoms. The van der Waals surface area contributed by atoms with Crippen LogP contribution in [0.2, 0.25) is 0 Å². The lowest BCUT2D eigenvalue weighted by Crippen LogP contribution is -2.26. The van der Waals surface area contributed by atoms with Gasteiger partial charge in [0.25, 0.3) is 0 Å². The minimum Gasteiger partial charge on any atom is -0.395 e. The molecule has 0 amide bonds. The maximum Gasteiger partial charge on any atom is 0.178 e. The molecule has 0 saturated carbocycles. The lowest BCUT2D eigenvalue weighted by Gasteiger charge is -2.08. The van der Waals surface area contributed by atoms with Gasteiger partial charge in [0.2, 0.25) is 0 Å². The van der Waals surface area contributed by atoms with Crippen LogP contribution in [0.25, 0.3) is 0 Å². The Bertz CT molecular complexity index is 425. The molecule has 0 aliphatic rings. The van der Waals surface area contributed by atoms with Crippen LogP contribution in [0.1, 0.15) is 12.5 Å². The zero-order valence-electron chi connectivity index (χ0n) is 9.26. The van der Waals surface area contributed by atoms with E-state index in [1.54, 1.807) is 31.2 Å². The Morgan fingerprint density at radius 1 is 1.31 bits per heavy atom. The van der Waals surface area contributed by atoms with Gasteiger partial charge in [0.05, 0.1) is 17.3 Å². The van der Waals surface area contributed by atoms with Crippen molar-refractivity contribution in [1.82, 2.24) is 0 Å². The highest BCUT2D eigenvalue weighted by molar-refractivity contribution is 7.91. The first-order valence-electron chi connectivity index (χ1n) is 5.17. The van der Waals surface area contributed by atoms with Crippen molar-refractivity contribution in [3.05, 3.63) is 29.8 Å². The second-order valence-corrected chi connectivity index (χ2v) is 5.97. The van der Waals surface area contributed by atoms with Gasteiger partial charge in [0.1, 0.15) is 0 Å². The third-order valence-electron chi connectivity index (χ3n) is 2.39. The summed E-state index contributed by atoms with van der Waals surface area (Å²) in [6.07, 6.45) is 0.545. The van der Waals surface area contributed by atoms with Gasteiger partial charge >= 0.3 is 0 Å². The Kier molecular flexibility index (Phi) is 4.46. The third-order valence-corrected chi connectivity index (χ3v) is 4.15. The summed E-state index contributed by atoms with van der Waals surface area (Å²) in [6.45, 7) is 1.54. The lowest BCUT2D eigenvalue weighted by atomic mass is 10.1. The van der Waals surface area contributed by atoms with Gasteiger partial charge in [-0.25, -0.2) is 8.42 Å². The van der Waals surface area contributed by atoms with Crippen molar-refractivity contribution in [3.8, 4) is 0 Å². The quantitative estimate of drug-likeness (QED) is 0.781. The van der Waals surface area contributed by atoms with E-state index in [0.717, 1.165) is 5.56 Å². The van der Waals surface area contributed by atoms with E-state index in [1.807, 2.05) is 0 Å². The average Bonchev–Trinajstić information content (AvgIpc) is 2.29. The zero-order valence-corrected chi connectivity index (χ0v) is 10.1. The van der Waals surface area contributed by atoms with Crippen molar-refractivity contribution in [2.24, 2.45) is 5.73 Å². The summed E-state index contributed by atoms with van der Waals surface area (Å²) >= 11 is 0. The van der Waals surface area contributed by atoms with Crippen molar-refractivity contribution in [2.45, 2.75) is 24.3 Å². The Hall–Kier alpha value is -0.910. The standard InChI is InChI=1S/C11H17NO3S/c1-2-16(14,15)11-5-3-9(4-6-11)7-10(12)8-13/h3-6,10,13H,2,7-8,12H2,1H3. The van der Waals surface area contributed by atoms with Crippen molar-refractivity contribution in [3.63, 3.8) is 0 Å². The SMILES string of the molecule is CCS(=O)(=O)c1ccc(CC(N)CO)cc1. The molecule has 4 nitrogen and oxygen atoms in total. The first-order valence-corrected chi connectivity index (χ1v) is 6.83. The van der Waals surface area contributed by atoms with Gasteiger partial charge in [0.15, 0.2) is 9.84 Å². The van der Waals surface area contributed by atoms with Gasteiger partial charge in [-0.1, -0.05) is 19.1 Å². The van der Waals surface area contributed by atoms with E-state index in [-0.39, 0.29) is 18.4 Å². The Morgan fingerprint density at radius 2 is 1.88 bits per heavy atom. The molecular formula is C11H17NO3S. The van der Waals surface area contributed by atoms with Gasteiger partial charge in [-0.2, -0.15) is 0 Å². The summed E-state index contributed by atoms with van der Waals surface area (Å²) in [7, 11) is -3.13. The molecule has 0 aromatic heterocycles. The number of nitrogens with two attached hydrogens (primary N) is 1. The largest absolute Gasteiger partial charge is 0.395 e. The second kappa shape index (κ2) is 5.43. The maximum atomic E-state index is 11.5. The van der Waals surface area contributed by atoms with E-state index < -0.39 is 9.84 Å². The fourth-order valence-corrected chi connectivity index (χ4v) is 2.25. The molecule has 0 heterocycles. The molecule has 0 radical (unpaired) electrons. The molecule has 90 valence electrons. The van der Waals surface area contributed by atoms with Crippen LogP contribution in [0.3, 0.4) is 0 Å². The molecule has 1 rings (SSSR count). The minimum atomic E-state index is -3.13. The summed E-state index contributed by atoms with van der Waals surface area (Å²) in [5.74, 6) is 0.0997. The maximum absolute atomic E-state index is 11.5. The highest BCUT2D eigenvalue weighted by Gasteiger charge is 2.11. The molecule has 1 aromatic carbocycles. The second-order valence-electron chi connectivity index (χ2n) is 3.69. The number of aliphatic hydroxyl groups is 1. The Balaban J connectivity index is 2.84. The van der Waals surface area contributed by atoms with E-state index in [9.17, 15) is 8.42 Å². The Labute approximate surface area is 96.0 Å². The number of hydrogen-bond donors (Lipinski definition) is 2. The van der Waals surface area contributed by atoms with Crippen LogP contribution in [0.5, 0.6) is 0 Å². The minimum absolute atomic E-state index is 0.0744. The van der Waals surface area contributed by atoms with Crippen LogP contribution >= 0.6 is 0 Å². The molecular weight excluding hydrogens is 226 g/mol. The molecule has 5 heteroatoms. The third kappa shape index (κ3) is 3.30. The van der Waals surface area contributed by atoms with Crippen LogP contribution in [0.15, 0.2) is 29.2 Å². The molecule has 0 aliphatic carbocycles. The molecule has 0 fully saturated rings. The zero-order chi connectivity index (χ0) is 12.2. The normalized spacial score (nSPS) is 13.7. The van der Waals surface area contributed by atoms with Crippen molar-refractivity contribution in [1.29, 1.82) is 0 Å². The molecule has 1 unspecified atom stereocenters. The highest BCUT2D eigenvalue weighted by atomic mass is 32.2. The van der Waals surface area contributed by atoms with E-state index in [2.05, 4.69) is 0 Å². The van der Waals surface area contributed by atoms with Gasteiger partial charge in [0, 0.05) is 6.04 Å². The smallest absolute Gasteiger partial charge is 0.178 e. The fraction of sp³-hybridized carbons (Fsp3) is 0.455. The topological polar surface area (TPSA) is 80.4 Å². The number of aliphatic hydroxyl groups excluding tert-OH is 1. The first kappa shape index (κ1) is 13.2. The summed E-state index contributed by atoms with van der Waals surface area (Å²) in [5.41, 5.74) is 6.51. The van der Waals surface area contributed by atoms with Crippen molar-refractivity contribution in [2.75, 3.05) is 12.4 Å². The van der Waals surface area contributed by atoms with Crippen molar-refractivity contribution < 1.29 is 13.5 Å². The summed E-state index contributed by atoms with van der Waals surface area (Å²) in [6, 6.07) is 6.33. The van der Waals surface area contributed by atoms with Gasteiger partial charge in [-0.05, 0) is 24.1 Å². The molecule has 0 saturated heterocycles. The van der Waals surface area contributed by atoms with Crippen molar-refractivity contribution >= 4 is 9.84 Å². The fourth-order valence-electron chi connectivity index (χ4n) is 1.37. The molecule has 0 spiro atoms. The van der Waals surface area contributed by atoms with E-state index in [4.69, 9.17) is 10.8 Å². The average molecular weight is 243 g/mol. The predicted octanol–water partition coefficient (Wildman–Crippen LogP) is 0.342. The van der Waals surface area contributed by atoms with E-state index in [1.165, 1.54) is 0 Å². The van der Waals surface area contributed by atoms with Gasteiger partial charge in [-0.3, -0.25) is 0 Å². The van der Waals surface area contributed by atoms with E-state index in [0.29, 0.717) is 11.3 Å². The number of benzene rings is 1. The predicted molar refractivity (Wildman–Crippen MR) is 62.9 cm³/mol. The van der Waals surface area contributed by atoms with Crippen LogP contribution in [0, 0.1) is 0 Å². The molecule has 1 aromatic rings. The van der Waals surface area contributed by atoms with Crippen LogP contribution in [0.4, 0.5) is 0 Å². The summed E-state index contributed by atoms with van der Waals surface area (Å²) < 4.78 is 23.1. The van der Waals surface area contributed by atoms with E-state index >= 15 is 0 Å². The Morgan fingerprint density at radius 3 is 2.31 bits per heavy atom. The van der Waals surface area contributed by atoms with Gasteiger partial charge in [-0.15, -0.1) is 0 Å². The van der Waals surface area contributed by atoms with Gasteiger partial charge < -0.3 is 10.8 Å². The highest BCUT2D eigenvalue weighted by Crippen LogP contribution is 2.13.